The van der Waals surface area contributed by atoms with Gasteiger partial charge in [-0.3, -0.25) is 9.59 Å². The van der Waals surface area contributed by atoms with Crippen molar-refractivity contribution in [3.63, 3.8) is 0 Å². The minimum absolute atomic E-state index is 0.0309. The van der Waals surface area contributed by atoms with Crippen molar-refractivity contribution in [2.24, 2.45) is 5.92 Å². The Morgan fingerprint density at radius 1 is 1.32 bits per heavy atom. The third-order valence-electron chi connectivity index (χ3n) is 3.58. The second-order valence-corrected chi connectivity index (χ2v) is 6.18. The third kappa shape index (κ3) is 4.49. The molecule has 1 aromatic carbocycles. The van der Waals surface area contributed by atoms with E-state index >= 15 is 0 Å². The summed E-state index contributed by atoms with van der Waals surface area (Å²) in [5.41, 5.74) is 0.371. The summed E-state index contributed by atoms with van der Waals surface area (Å²) < 4.78 is 0. The quantitative estimate of drug-likeness (QED) is 0.830. The summed E-state index contributed by atoms with van der Waals surface area (Å²) in [6.07, 6.45) is 6.61. The van der Waals surface area contributed by atoms with Crippen LogP contribution < -0.4 is 5.32 Å². The molecule has 0 heterocycles. The maximum atomic E-state index is 12.1. The van der Waals surface area contributed by atoms with Crippen molar-refractivity contribution in [3.05, 3.63) is 40.4 Å². The van der Waals surface area contributed by atoms with Gasteiger partial charge in [-0.15, -0.1) is 0 Å². The van der Waals surface area contributed by atoms with Gasteiger partial charge in [-0.05, 0) is 30.9 Å². The molecule has 22 heavy (non-hydrogen) atoms. The Morgan fingerprint density at radius 3 is 2.59 bits per heavy atom. The molecular formula is C16H18Cl2N2O2. The molecule has 1 aliphatic carbocycles. The van der Waals surface area contributed by atoms with Gasteiger partial charge < -0.3 is 10.2 Å². The molecule has 1 aliphatic rings. The lowest BCUT2D eigenvalue weighted by Crippen LogP contribution is -2.35. The fraction of sp³-hybridized carbons (Fsp3) is 0.375. The molecule has 0 fully saturated rings. The summed E-state index contributed by atoms with van der Waals surface area (Å²) in [7, 11) is 1.62. The molecule has 2 amide bonds. The molecule has 0 aliphatic heterocycles. The number of carbonyl (C=O) groups is 2. The van der Waals surface area contributed by atoms with E-state index in [1.165, 1.54) is 4.90 Å². The Balaban J connectivity index is 1.88. The van der Waals surface area contributed by atoms with E-state index in [0.717, 1.165) is 12.8 Å². The summed E-state index contributed by atoms with van der Waals surface area (Å²) in [5, 5.41) is 3.38. The molecule has 2 rings (SSSR count). The van der Waals surface area contributed by atoms with E-state index in [4.69, 9.17) is 23.2 Å². The van der Waals surface area contributed by atoms with Crippen molar-refractivity contribution in [1.29, 1.82) is 0 Å². The molecule has 0 spiro atoms. The van der Waals surface area contributed by atoms with E-state index in [1.54, 1.807) is 25.2 Å². The number of hydrogen-bond acceptors (Lipinski definition) is 2. The van der Waals surface area contributed by atoms with E-state index in [-0.39, 0.29) is 24.3 Å². The minimum atomic E-state index is -0.326. The maximum absolute atomic E-state index is 12.1. The Hall–Kier alpha value is -1.52. The molecule has 0 bridgehead atoms. The first-order chi connectivity index (χ1) is 10.5. The highest BCUT2D eigenvalue weighted by Gasteiger charge is 2.19. The number of benzene rings is 1. The van der Waals surface area contributed by atoms with Gasteiger partial charge >= 0.3 is 0 Å². The molecule has 118 valence electrons. The zero-order valence-electron chi connectivity index (χ0n) is 12.3. The number of likely N-dealkylation sites (N-methyl/N-ethyl adjacent to an activating group) is 1. The largest absolute Gasteiger partial charge is 0.336 e. The number of hydrogen-bond donors (Lipinski definition) is 1. The topological polar surface area (TPSA) is 49.4 Å². The van der Waals surface area contributed by atoms with Crippen LogP contribution in [0.5, 0.6) is 0 Å². The van der Waals surface area contributed by atoms with Gasteiger partial charge in [0, 0.05) is 13.5 Å². The maximum Gasteiger partial charge on any atom is 0.244 e. The van der Waals surface area contributed by atoms with Crippen LogP contribution in [0.2, 0.25) is 10.0 Å². The van der Waals surface area contributed by atoms with E-state index in [9.17, 15) is 9.59 Å². The average Bonchev–Trinajstić information content (AvgIpc) is 2.96. The first-order valence-corrected chi connectivity index (χ1v) is 7.87. The van der Waals surface area contributed by atoms with Crippen LogP contribution in [-0.2, 0) is 9.59 Å². The Morgan fingerprint density at radius 2 is 2.00 bits per heavy atom. The van der Waals surface area contributed by atoms with Gasteiger partial charge in [0.15, 0.2) is 0 Å². The van der Waals surface area contributed by atoms with Crippen molar-refractivity contribution in [3.8, 4) is 0 Å². The molecule has 1 atom stereocenters. The number of halogens is 2. The van der Waals surface area contributed by atoms with Gasteiger partial charge in [0.25, 0.3) is 0 Å². The third-order valence-corrected chi connectivity index (χ3v) is 4.21. The molecule has 1 N–H and O–H groups in total. The number of anilines is 1. The van der Waals surface area contributed by atoms with Crippen LogP contribution in [-0.4, -0.2) is 30.3 Å². The zero-order valence-corrected chi connectivity index (χ0v) is 13.8. The molecule has 1 aromatic rings. The fourth-order valence-corrected chi connectivity index (χ4v) is 2.84. The standard InChI is InChI=1S/C16H18Cl2N2O2/c1-20(15(22)9-11-5-2-3-6-11)10-14(21)19-16-12(17)7-4-8-13(16)18/h2,4-5,7-8,11H,3,6,9-10H2,1H3,(H,19,21)/t11-/m0/s1. The monoisotopic (exact) mass is 340 g/mol. The predicted molar refractivity (Wildman–Crippen MR) is 89.2 cm³/mol. The van der Waals surface area contributed by atoms with E-state index in [2.05, 4.69) is 17.5 Å². The molecule has 4 nitrogen and oxygen atoms in total. The minimum Gasteiger partial charge on any atom is -0.336 e. The van der Waals surface area contributed by atoms with E-state index in [1.807, 2.05) is 0 Å². The SMILES string of the molecule is CN(CC(=O)Nc1c(Cl)cccc1Cl)C(=O)C[C@H]1C=CCC1. The number of nitrogens with zero attached hydrogens (tertiary/aromatic N) is 1. The molecule has 0 radical (unpaired) electrons. The molecule has 0 saturated heterocycles. The second kappa shape index (κ2) is 7.65. The Labute approximate surface area is 140 Å². The zero-order chi connectivity index (χ0) is 16.1. The van der Waals surface area contributed by atoms with Crippen LogP contribution in [0.3, 0.4) is 0 Å². The highest BCUT2D eigenvalue weighted by molar-refractivity contribution is 6.39. The van der Waals surface area contributed by atoms with E-state index in [0.29, 0.717) is 22.2 Å². The van der Waals surface area contributed by atoms with Gasteiger partial charge in [-0.25, -0.2) is 0 Å². The smallest absolute Gasteiger partial charge is 0.244 e. The molecule has 0 saturated carbocycles. The van der Waals surface area contributed by atoms with Crippen LogP contribution >= 0.6 is 23.2 Å². The lowest BCUT2D eigenvalue weighted by molar-refractivity contribution is -0.133. The first-order valence-electron chi connectivity index (χ1n) is 7.12. The second-order valence-electron chi connectivity index (χ2n) is 5.36. The average molecular weight is 341 g/mol. The summed E-state index contributed by atoms with van der Waals surface area (Å²) in [5.74, 6) is -0.0826. The summed E-state index contributed by atoms with van der Waals surface area (Å²) in [6, 6.07) is 4.99. The van der Waals surface area contributed by atoms with Crippen LogP contribution in [0.15, 0.2) is 30.4 Å². The summed E-state index contributed by atoms with van der Waals surface area (Å²) in [4.78, 5) is 25.5. The number of allylic oxidation sites excluding steroid dienone is 2. The number of para-hydroxylation sites is 1. The molecule has 0 aromatic heterocycles. The van der Waals surface area contributed by atoms with Crippen molar-refractivity contribution in [2.45, 2.75) is 19.3 Å². The van der Waals surface area contributed by atoms with Gasteiger partial charge in [-0.1, -0.05) is 41.4 Å². The Bertz CT molecular complexity index is 582. The Kier molecular flexibility index (Phi) is 5.86. The van der Waals surface area contributed by atoms with E-state index < -0.39 is 0 Å². The van der Waals surface area contributed by atoms with Crippen LogP contribution in [0, 0.1) is 5.92 Å². The lowest BCUT2D eigenvalue weighted by atomic mass is 10.0. The number of rotatable bonds is 5. The van der Waals surface area contributed by atoms with Crippen LogP contribution in [0.4, 0.5) is 5.69 Å². The van der Waals surface area contributed by atoms with Crippen molar-refractivity contribution in [1.82, 2.24) is 4.90 Å². The molecule has 6 heteroatoms. The van der Waals surface area contributed by atoms with Crippen molar-refractivity contribution < 1.29 is 9.59 Å². The summed E-state index contributed by atoms with van der Waals surface area (Å²) >= 11 is 12.0. The predicted octanol–water partition coefficient (Wildman–Crippen LogP) is 3.75. The van der Waals surface area contributed by atoms with Gasteiger partial charge in [0.05, 0.1) is 22.3 Å². The lowest BCUT2D eigenvalue weighted by Gasteiger charge is -2.19. The van der Waals surface area contributed by atoms with Gasteiger partial charge in [-0.2, -0.15) is 0 Å². The number of amides is 2. The number of nitrogens with one attached hydrogen (secondary N) is 1. The van der Waals surface area contributed by atoms with Crippen LogP contribution in [0.25, 0.3) is 0 Å². The highest BCUT2D eigenvalue weighted by Crippen LogP contribution is 2.29. The van der Waals surface area contributed by atoms with Crippen molar-refractivity contribution in [2.75, 3.05) is 18.9 Å². The normalized spacial score (nSPS) is 16.6. The highest BCUT2D eigenvalue weighted by atomic mass is 35.5. The van der Waals surface area contributed by atoms with Crippen LogP contribution in [0.1, 0.15) is 19.3 Å². The summed E-state index contributed by atoms with van der Waals surface area (Å²) in [6.45, 7) is -0.0309. The molecular weight excluding hydrogens is 323 g/mol. The van der Waals surface area contributed by atoms with Gasteiger partial charge in [0.2, 0.25) is 11.8 Å². The molecule has 0 unspecified atom stereocenters. The fourth-order valence-electron chi connectivity index (χ4n) is 2.35. The number of carbonyl (C=O) groups excluding carboxylic acids is 2. The first kappa shape index (κ1) is 16.8. The van der Waals surface area contributed by atoms with Gasteiger partial charge in [0.1, 0.15) is 0 Å². The van der Waals surface area contributed by atoms with Crippen molar-refractivity contribution >= 4 is 40.7 Å².